The Morgan fingerprint density at radius 1 is 1.00 bits per heavy atom. The first-order chi connectivity index (χ1) is 23.6. The summed E-state index contributed by atoms with van der Waals surface area (Å²) in [6.45, 7) is 10.9. The van der Waals surface area contributed by atoms with Gasteiger partial charge in [0.1, 0.15) is 12.4 Å². The van der Waals surface area contributed by atoms with Crippen molar-refractivity contribution >= 4 is 17.4 Å². The van der Waals surface area contributed by atoms with Gasteiger partial charge >= 0.3 is 6.01 Å². The van der Waals surface area contributed by atoms with Crippen molar-refractivity contribution in [2.24, 2.45) is 0 Å². The Morgan fingerprint density at radius 2 is 1.88 bits per heavy atom. The summed E-state index contributed by atoms with van der Waals surface area (Å²) >= 11 is 0. The van der Waals surface area contributed by atoms with Crippen LogP contribution in [0.25, 0.3) is 0 Å². The molecule has 1 aromatic carbocycles. The van der Waals surface area contributed by atoms with Crippen molar-refractivity contribution in [3.05, 3.63) is 53.2 Å². The molecule has 10 nitrogen and oxygen atoms in total. The summed E-state index contributed by atoms with van der Waals surface area (Å²) in [6.07, 6.45) is 14.0. The molecule has 1 amide bonds. The fraction of sp³-hybridized carbons (Fsp3) is 0.632. The summed E-state index contributed by atoms with van der Waals surface area (Å²) in [5, 5.41) is 9.78. The van der Waals surface area contributed by atoms with Crippen LogP contribution in [0.15, 0.2) is 36.4 Å². The van der Waals surface area contributed by atoms with Crippen LogP contribution in [0, 0.1) is 11.3 Å². The number of nitrogens with zero attached hydrogens (tertiary/aromatic N) is 8. The fourth-order valence-electron chi connectivity index (χ4n) is 8.74. The van der Waals surface area contributed by atoms with E-state index in [9.17, 15) is 10.1 Å². The first kappa shape index (κ1) is 32.8. The number of likely N-dealkylation sites (tertiary alicyclic amines) is 2. The second-order valence-electron chi connectivity index (χ2n) is 14.2. The Morgan fingerprint density at radius 3 is 2.73 bits per heavy atom. The lowest BCUT2D eigenvalue weighted by Gasteiger charge is -2.43. The Hall–Kier alpha value is -3.68. The zero-order chi connectivity index (χ0) is 32.9. The normalized spacial score (nSPS) is 24.9. The molecule has 0 bridgehead atoms. The Balaban J connectivity index is 1.12. The number of aryl methyl sites for hydroxylation is 1. The highest BCUT2D eigenvalue weighted by molar-refractivity contribution is 5.88. The van der Waals surface area contributed by atoms with E-state index in [1.807, 2.05) is 11.0 Å². The van der Waals surface area contributed by atoms with E-state index in [-0.39, 0.29) is 11.9 Å². The first-order valence-electron chi connectivity index (χ1n) is 18.5. The van der Waals surface area contributed by atoms with Gasteiger partial charge < -0.3 is 19.4 Å². The van der Waals surface area contributed by atoms with Crippen LogP contribution in [0.3, 0.4) is 0 Å². The number of rotatable bonds is 10. The molecule has 10 heteroatoms. The van der Waals surface area contributed by atoms with E-state index in [1.54, 1.807) is 6.08 Å². The molecule has 1 aromatic heterocycles. The number of ether oxygens (including phenoxy) is 1. The van der Waals surface area contributed by atoms with Gasteiger partial charge in [-0.3, -0.25) is 14.6 Å². The Labute approximate surface area is 286 Å². The number of hydrogen-bond acceptors (Lipinski definition) is 9. The van der Waals surface area contributed by atoms with Crippen LogP contribution in [-0.4, -0.2) is 114 Å². The maximum absolute atomic E-state index is 13.4. The molecule has 256 valence electrons. The van der Waals surface area contributed by atoms with Crippen LogP contribution in [0.1, 0.15) is 68.7 Å². The highest BCUT2D eigenvalue weighted by atomic mass is 16.5. The predicted octanol–water partition coefficient (Wildman–Crippen LogP) is 4.23. The first-order valence-corrected chi connectivity index (χ1v) is 18.5. The molecular formula is C38H52N8O2. The van der Waals surface area contributed by atoms with E-state index in [2.05, 4.69) is 56.9 Å². The van der Waals surface area contributed by atoms with Crippen LogP contribution < -0.4 is 14.5 Å². The van der Waals surface area contributed by atoms with Crippen molar-refractivity contribution < 1.29 is 9.53 Å². The lowest BCUT2D eigenvalue weighted by atomic mass is 9.88. The van der Waals surface area contributed by atoms with E-state index in [1.165, 1.54) is 42.5 Å². The second kappa shape index (κ2) is 15.3. The monoisotopic (exact) mass is 652 g/mol. The minimum atomic E-state index is -0.194. The molecule has 4 aliphatic heterocycles. The van der Waals surface area contributed by atoms with Gasteiger partial charge in [0.05, 0.1) is 24.2 Å². The summed E-state index contributed by atoms with van der Waals surface area (Å²) in [7, 11) is 0. The number of amides is 1. The summed E-state index contributed by atoms with van der Waals surface area (Å²) in [6, 6.07) is 12.3. The summed E-state index contributed by atoms with van der Waals surface area (Å²) in [4.78, 5) is 35.3. The zero-order valence-corrected chi connectivity index (χ0v) is 28.7. The predicted molar refractivity (Wildman–Crippen MR) is 188 cm³/mol. The average molecular weight is 653 g/mol. The molecular weight excluding hydrogens is 600 g/mol. The largest absolute Gasteiger partial charge is 0.462 e. The lowest BCUT2D eigenvalue weighted by molar-refractivity contribution is -0.128. The number of piperazine rings is 1. The standard InChI is InChI=1S/C38H52N8O2/c1-2-43-22-8-12-32(43)28-48-38-40-34-26-30(45-23-7-11-29-10-3-4-13-35(29)45)15-16-33(34)37(41-38)44-24-25-46(31(27-44)17-18-39)36(47)14-9-21-42-19-5-6-20-42/h3-4,9-10,13-14,30-32H,2,5-8,11-12,15-17,19-28H2,1H3. The smallest absolute Gasteiger partial charge is 0.318 e. The number of likely N-dealkylation sites (N-methyl/N-ethyl adjacent to an activating group) is 1. The minimum absolute atomic E-state index is 0.00420. The molecule has 3 fully saturated rings. The Bertz CT molecular complexity index is 1500. The van der Waals surface area contributed by atoms with E-state index in [4.69, 9.17) is 14.7 Å². The maximum atomic E-state index is 13.4. The van der Waals surface area contributed by atoms with Crippen LogP contribution >= 0.6 is 0 Å². The van der Waals surface area contributed by atoms with Crippen molar-refractivity contribution in [2.75, 3.05) is 75.3 Å². The van der Waals surface area contributed by atoms with Crippen LogP contribution in [0.5, 0.6) is 6.01 Å². The number of fused-ring (bicyclic) bond motifs is 2. The van der Waals surface area contributed by atoms with Crippen molar-refractivity contribution in [1.82, 2.24) is 24.7 Å². The molecule has 0 spiro atoms. The molecule has 3 unspecified atom stereocenters. The molecule has 2 aromatic rings. The second-order valence-corrected chi connectivity index (χ2v) is 14.2. The van der Waals surface area contributed by atoms with E-state index in [0.717, 1.165) is 82.9 Å². The zero-order valence-electron chi connectivity index (χ0n) is 28.7. The number of aromatic nitrogens is 2. The third-order valence-electron chi connectivity index (χ3n) is 11.3. The highest BCUT2D eigenvalue weighted by Gasteiger charge is 2.35. The summed E-state index contributed by atoms with van der Waals surface area (Å²) in [5.41, 5.74) is 5.12. The molecule has 3 saturated heterocycles. The van der Waals surface area contributed by atoms with Crippen LogP contribution in [-0.2, 0) is 24.1 Å². The number of hydrogen-bond donors (Lipinski definition) is 0. The van der Waals surface area contributed by atoms with Crippen molar-refractivity contribution in [3.63, 3.8) is 0 Å². The average Bonchev–Trinajstić information content (AvgIpc) is 3.82. The van der Waals surface area contributed by atoms with Crippen LogP contribution in [0.4, 0.5) is 11.5 Å². The molecule has 7 rings (SSSR count). The molecule has 1 aliphatic carbocycles. The van der Waals surface area contributed by atoms with Gasteiger partial charge in [-0.1, -0.05) is 31.2 Å². The minimum Gasteiger partial charge on any atom is -0.462 e. The summed E-state index contributed by atoms with van der Waals surface area (Å²) < 4.78 is 6.44. The highest BCUT2D eigenvalue weighted by Crippen LogP contribution is 2.37. The molecule has 5 aliphatic rings. The van der Waals surface area contributed by atoms with Gasteiger partial charge in [-0.15, -0.1) is 0 Å². The van der Waals surface area contributed by atoms with Gasteiger partial charge in [-0.25, -0.2) is 0 Å². The SMILES string of the molecule is CCN1CCCC1COc1nc2c(c(N3CCN(C(=O)C=CCN4CCCC4)C(CC#N)C3)n1)CCC(N1CCCc3ccccc31)C2. The number of carbonyl (C=O) groups is 1. The molecule has 48 heavy (non-hydrogen) atoms. The fourth-order valence-corrected chi connectivity index (χ4v) is 8.74. The van der Waals surface area contributed by atoms with Gasteiger partial charge in [0.15, 0.2) is 0 Å². The van der Waals surface area contributed by atoms with Gasteiger partial charge in [-0.05, 0) is 89.2 Å². The van der Waals surface area contributed by atoms with E-state index < -0.39 is 0 Å². The van der Waals surface area contributed by atoms with Crippen molar-refractivity contribution in [1.29, 1.82) is 5.26 Å². The van der Waals surface area contributed by atoms with E-state index >= 15 is 0 Å². The number of benzene rings is 1. The van der Waals surface area contributed by atoms with Gasteiger partial charge in [-0.2, -0.15) is 15.2 Å². The van der Waals surface area contributed by atoms with Crippen molar-refractivity contribution in [2.45, 2.75) is 89.3 Å². The topological polar surface area (TPSA) is 92.1 Å². The number of anilines is 2. The molecule has 0 radical (unpaired) electrons. The Kier molecular flexibility index (Phi) is 10.4. The molecule has 5 heterocycles. The number of carbonyl (C=O) groups excluding carboxylic acids is 1. The van der Waals surface area contributed by atoms with Crippen molar-refractivity contribution in [3.8, 4) is 12.1 Å². The maximum Gasteiger partial charge on any atom is 0.318 e. The lowest BCUT2D eigenvalue weighted by Crippen LogP contribution is -2.55. The van der Waals surface area contributed by atoms with Crippen LogP contribution in [0.2, 0.25) is 0 Å². The van der Waals surface area contributed by atoms with E-state index in [0.29, 0.717) is 50.8 Å². The third kappa shape index (κ3) is 7.18. The van der Waals surface area contributed by atoms with Gasteiger partial charge in [0, 0.05) is 68.6 Å². The van der Waals surface area contributed by atoms with Gasteiger partial charge in [0.2, 0.25) is 5.91 Å². The quantitative estimate of drug-likeness (QED) is 0.350. The summed E-state index contributed by atoms with van der Waals surface area (Å²) in [5.74, 6) is 0.940. The molecule has 3 atom stereocenters. The molecule has 0 saturated carbocycles. The van der Waals surface area contributed by atoms with Gasteiger partial charge in [0.25, 0.3) is 0 Å². The number of nitriles is 1. The number of para-hydroxylation sites is 1. The third-order valence-corrected chi connectivity index (χ3v) is 11.3. The molecule has 0 N–H and O–H groups in total.